The van der Waals surface area contributed by atoms with Gasteiger partial charge in [-0.05, 0) is 25.0 Å². The van der Waals surface area contributed by atoms with E-state index in [1.54, 1.807) is 31.2 Å². The first-order chi connectivity index (χ1) is 12.2. The minimum atomic E-state index is -3.19. The molecule has 1 aromatic rings. The quantitative estimate of drug-likeness (QED) is 0.786. The molecule has 0 radical (unpaired) electrons. The first kappa shape index (κ1) is 18.7. The number of allylic oxidation sites excluding steroid dienone is 1. The topological polar surface area (TPSA) is 92.8 Å². The van der Waals surface area contributed by atoms with Crippen molar-refractivity contribution in [3.8, 4) is 0 Å². The Kier molecular flexibility index (Phi) is 4.98. The van der Waals surface area contributed by atoms with Crippen LogP contribution in [0.5, 0.6) is 0 Å². The molecule has 140 valence electrons. The van der Waals surface area contributed by atoms with Crippen LogP contribution >= 0.6 is 11.6 Å². The monoisotopic (exact) mass is 398 g/mol. The summed E-state index contributed by atoms with van der Waals surface area (Å²) in [4.78, 5) is 26.5. The summed E-state index contributed by atoms with van der Waals surface area (Å²) in [6, 6.07) is 5.17. The van der Waals surface area contributed by atoms with E-state index in [-0.39, 0.29) is 17.1 Å². The lowest BCUT2D eigenvalue weighted by Crippen LogP contribution is -2.52. The van der Waals surface area contributed by atoms with Gasteiger partial charge >= 0.3 is 12.0 Å². The van der Waals surface area contributed by atoms with Crippen molar-refractivity contribution < 1.29 is 22.7 Å². The van der Waals surface area contributed by atoms with Crippen LogP contribution in [0.2, 0.25) is 5.02 Å². The van der Waals surface area contributed by atoms with Crippen molar-refractivity contribution in [1.29, 1.82) is 0 Å². The fourth-order valence-electron chi connectivity index (χ4n) is 3.49. The number of hydrogen-bond acceptors (Lipinski definition) is 5. The lowest BCUT2D eigenvalue weighted by Gasteiger charge is -2.38. The molecule has 0 aromatic heterocycles. The Balaban J connectivity index is 2.09. The van der Waals surface area contributed by atoms with Crippen molar-refractivity contribution in [3.05, 3.63) is 46.1 Å². The number of amides is 2. The Morgan fingerprint density at radius 2 is 2.04 bits per heavy atom. The number of urea groups is 1. The predicted octanol–water partition coefficient (Wildman–Crippen LogP) is 2.04. The third kappa shape index (κ3) is 3.31. The molecule has 1 saturated heterocycles. The normalized spacial score (nSPS) is 25.2. The van der Waals surface area contributed by atoms with E-state index in [0.29, 0.717) is 22.7 Å². The maximum Gasteiger partial charge on any atom is 0.337 e. The average Bonchev–Trinajstić information content (AvgIpc) is 2.93. The summed E-state index contributed by atoms with van der Waals surface area (Å²) in [5, 5.41) is 3.18. The molecule has 2 aliphatic rings. The first-order valence-electron chi connectivity index (χ1n) is 8.09. The van der Waals surface area contributed by atoms with Gasteiger partial charge in [0.25, 0.3) is 0 Å². The van der Waals surface area contributed by atoms with Gasteiger partial charge in [0.05, 0.1) is 36.3 Å². The second-order valence-corrected chi connectivity index (χ2v) is 8.96. The number of rotatable bonds is 3. The number of methoxy groups -OCH3 is 1. The van der Waals surface area contributed by atoms with Gasteiger partial charge in [0.1, 0.15) is 0 Å². The lowest BCUT2D eigenvalue weighted by molar-refractivity contribution is -0.136. The number of benzene rings is 1. The maximum atomic E-state index is 12.7. The molecular formula is C17H19ClN2O5S. The van der Waals surface area contributed by atoms with Gasteiger partial charge in [0.2, 0.25) is 0 Å². The summed E-state index contributed by atoms with van der Waals surface area (Å²) in [5.41, 5.74) is 1.19. The molecule has 0 saturated carbocycles. The highest BCUT2D eigenvalue weighted by Gasteiger charge is 2.42. The van der Waals surface area contributed by atoms with Crippen LogP contribution in [0, 0.1) is 0 Å². The molecule has 7 nitrogen and oxygen atoms in total. The number of carbonyl (C=O) groups is 2. The summed E-state index contributed by atoms with van der Waals surface area (Å²) in [6.07, 6.45) is 0.332. The van der Waals surface area contributed by atoms with E-state index in [4.69, 9.17) is 16.3 Å². The molecule has 3 rings (SSSR count). The van der Waals surface area contributed by atoms with E-state index < -0.39 is 33.9 Å². The zero-order chi connectivity index (χ0) is 19.1. The van der Waals surface area contributed by atoms with Crippen molar-refractivity contribution in [1.82, 2.24) is 10.2 Å². The van der Waals surface area contributed by atoms with Crippen LogP contribution in [-0.4, -0.2) is 50.0 Å². The molecule has 2 heterocycles. The summed E-state index contributed by atoms with van der Waals surface area (Å²) >= 11 is 6.25. The minimum Gasteiger partial charge on any atom is -0.466 e. The average molecular weight is 399 g/mol. The Bertz CT molecular complexity index is 896. The maximum absolute atomic E-state index is 12.7. The number of carbonyl (C=O) groups excluding carboxylic acids is 2. The summed E-state index contributed by atoms with van der Waals surface area (Å²) in [5.74, 6) is -0.697. The third-order valence-electron chi connectivity index (χ3n) is 4.72. The zero-order valence-electron chi connectivity index (χ0n) is 14.4. The van der Waals surface area contributed by atoms with Gasteiger partial charge in [-0.1, -0.05) is 29.8 Å². The van der Waals surface area contributed by atoms with E-state index >= 15 is 0 Å². The molecule has 0 bridgehead atoms. The summed E-state index contributed by atoms with van der Waals surface area (Å²) in [6.45, 7) is 1.62. The van der Waals surface area contributed by atoms with E-state index in [0.717, 1.165) is 0 Å². The second-order valence-electron chi connectivity index (χ2n) is 6.32. The van der Waals surface area contributed by atoms with Crippen LogP contribution < -0.4 is 5.32 Å². The standard InChI is InChI=1S/C17H19ClN2O5S/c1-10-14(16(21)25-2)15(12-5-3-4-6-13(12)18)19-17(22)20(10)11-7-8-26(23,24)9-11/h3-6,11,15H,7-9H2,1-2H3,(H,19,22)/t11-,15+/m0/s1. The van der Waals surface area contributed by atoms with Gasteiger partial charge in [-0.3, -0.25) is 4.90 Å². The predicted molar refractivity (Wildman–Crippen MR) is 96.3 cm³/mol. The molecule has 0 spiro atoms. The van der Waals surface area contributed by atoms with Crippen LogP contribution in [0.3, 0.4) is 0 Å². The second kappa shape index (κ2) is 6.92. The highest BCUT2D eigenvalue weighted by Crippen LogP contribution is 2.36. The zero-order valence-corrected chi connectivity index (χ0v) is 15.9. The first-order valence-corrected chi connectivity index (χ1v) is 10.3. The van der Waals surface area contributed by atoms with Crippen molar-refractivity contribution in [3.63, 3.8) is 0 Å². The van der Waals surface area contributed by atoms with Gasteiger partial charge in [-0.25, -0.2) is 18.0 Å². The fourth-order valence-corrected chi connectivity index (χ4v) is 5.44. The minimum absolute atomic E-state index is 0.0240. The van der Waals surface area contributed by atoms with E-state index in [1.165, 1.54) is 12.0 Å². The molecule has 1 N–H and O–H groups in total. The third-order valence-corrected chi connectivity index (χ3v) is 6.82. The molecule has 1 fully saturated rings. The molecular weight excluding hydrogens is 380 g/mol. The Hall–Kier alpha value is -2.06. The molecule has 1 aromatic carbocycles. The number of nitrogens with one attached hydrogen (secondary N) is 1. The smallest absolute Gasteiger partial charge is 0.337 e. The Labute approximate surface area is 156 Å². The number of sulfone groups is 1. The van der Waals surface area contributed by atoms with Gasteiger partial charge in [-0.2, -0.15) is 0 Å². The molecule has 2 atom stereocenters. The van der Waals surface area contributed by atoms with Gasteiger partial charge in [-0.15, -0.1) is 0 Å². The van der Waals surface area contributed by atoms with Crippen molar-refractivity contribution in [2.24, 2.45) is 0 Å². The lowest BCUT2D eigenvalue weighted by atomic mass is 9.94. The number of hydrogen-bond donors (Lipinski definition) is 1. The van der Waals surface area contributed by atoms with Crippen LogP contribution in [0.15, 0.2) is 35.5 Å². The molecule has 2 amide bonds. The fraction of sp³-hybridized carbons (Fsp3) is 0.412. The Morgan fingerprint density at radius 3 is 2.62 bits per heavy atom. The number of halogens is 1. The van der Waals surface area contributed by atoms with E-state index in [2.05, 4.69) is 5.32 Å². The van der Waals surface area contributed by atoms with Gasteiger partial charge in [0, 0.05) is 10.7 Å². The number of esters is 1. The molecule has 2 aliphatic heterocycles. The summed E-state index contributed by atoms with van der Waals surface area (Å²) in [7, 11) is -1.93. The van der Waals surface area contributed by atoms with Crippen LogP contribution in [0.25, 0.3) is 0 Å². The number of nitrogens with zero attached hydrogens (tertiary/aromatic N) is 1. The largest absolute Gasteiger partial charge is 0.466 e. The van der Waals surface area contributed by atoms with Crippen molar-refractivity contribution in [2.45, 2.75) is 25.4 Å². The van der Waals surface area contributed by atoms with Crippen molar-refractivity contribution >= 4 is 33.4 Å². The number of ether oxygens (including phenoxy) is 1. The van der Waals surface area contributed by atoms with Crippen molar-refractivity contribution in [2.75, 3.05) is 18.6 Å². The van der Waals surface area contributed by atoms with Gasteiger partial charge < -0.3 is 10.1 Å². The SMILES string of the molecule is COC(=O)C1=C(C)N([C@H]2CCS(=O)(=O)C2)C(=O)N[C@@H]1c1ccccc1Cl. The van der Waals surface area contributed by atoms with Crippen LogP contribution in [0.1, 0.15) is 24.9 Å². The van der Waals surface area contributed by atoms with Crippen LogP contribution in [0.4, 0.5) is 4.79 Å². The molecule has 0 aliphatic carbocycles. The van der Waals surface area contributed by atoms with Gasteiger partial charge in [0.15, 0.2) is 9.84 Å². The van der Waals surface area contributed by atoms with Crippen LogP contribution in [-0.2, 0) is 19.4 Å². The highest BCUT2D eigenvalue weighted by atomic mass is 35.5. The summed E-state index contributed by atoms with van der Waals surface area (Å²) < 4.78 is 28.5. The van der Waals surface area contributed by atoms with E-state index in [9.17, 15) is 18.0 Å². The van der Waals surface area contributed by atoms with E-state index in [1.807, 2.05) is 0 Å². The molecule has 0 unspecified atom stereocenters. The molecule has 9 heteroatoms. The molecule has 26 heavy (non-hydrogen) atoms. The Morgan fingerprint density at radius 1 is 1.35 bits per heavy atom. The highest BCUT2D eigenvalue weighted by molar-refractivity contribution is 7.91.